The van der Waals surface area contributed by atoms with Gasteiger partial charge in [-0.3, -0.25) is 4.99 Å². The molecule has 0 heterocycles. The highest BCUT2D eigenvalue weighted by molar-refractivity contribution is 5.62. The zero-order valence-corrected chi connectivity index (χ0v) is 6.75. The van der Waals surface area contributed by atoms with Gasteiger partial charge in [-0.25, -0.2) is 0 Å². The minimum atomic E-state index is 0.356. The summed E-state index contributed by atoms with van der Waals surface area (Å²) in [7, 11) is 0. The van der Waals surface area contributed by atoms with Gasteiger partial charge in [0.15, 0.2) is 0 Å². The molecule has 0 atom stereocenters. The van der Waals surface area contributed by atoms with Crippen LogP contribution in [0.4, 0.5) is 0 Å². The third-order valence-corrected chi connectivity index (χ3v) is 1.05. The van der Waals surface area contributed by atoms with E-state index in [4.69, 9.17) is 5.26 Å². The average molecular weight is 148 g/mol. The topological polar surface area (TPSA) is 36.1 Å². The molecule has 0 fully saturated rings. The molecule has 0 aromatic heterocycles. The fourth-order valence-corrected chi connectivity index (χ4v) is 0.590. The highest BCUT2D eigenvalue weighted by atomic mass is 14.7. The summed E-state index contributed by atoms with van der Waals surface area (Å²) >= 11 is 0. The molecule has 0 saturated carbocycles. The second kappa shape index (κ2) is 6.76. The molecular weight excluding hydrogens is 136 g/mol. The van der Waals surface area contributed by atoms with Crippen molar-refractivity contribution in [3.8, 4) is 6.07 Å². The Morgan fingerprint density at radius 1 is 1.73 bits per heavy atom. The summed E-state index contributed by atoms with van der Waals surface area (Å²) in [6.45, 7) is 5.62. The third-order valence-electron chi connectivity index (χ3n) is 1.05. The molecule has 0 aliphatic rings. The molecule has 0 saturated heterocycles. The zero-order valence-electron chi connectivity index (χ0n) is 6.75. The lowest BCUT2D eigenvalue weighted by Gasteiger charge is -1.88. The van der Waals surface area contributed by atoms with E-state index in [0.29, 0.717) is 6.42 Å². The van der Waals surface area contributed by atoms with Crippen molar-refractivity contribution in [3.05, 3.63) is 24.4 Å². The van der Waals surface area contributed by atoms with Crippen molar-refractivity contribution < 1.29 is 0 Å². The van der Waals surface area contributed by atoms with Crippen LogP contribution in [0.2, 0.25) is 0 Å². The molecule has 0 aromatic carbocycles. The number of rotatable bonds is 4. The van der Waals surface area contributed by atoms with E-state index in [-0.39, 0.29) is 0 Å². The quantitative estimate of drug-likeness (QED) is 0.445. The summed E-state index contributed by atoms with van der Waals surface area (Å²) in [5.41, 5.74) is 0.836. The Morgan fingerprint density at radius 2 is 2.45 bits per heavy atom. The molecular formula is C9H12N2. The van der Waals surface area contributed by atoms with Crippen molar-refractivity contribution >= 4 is 6.21 Å². The van der Waals surface area contributed by atoms with Crippen LogP contribution in [0.25, 0.3) is 0 Å². The highest BCUT2D eigenvalue weighted by Crippen LogP contribution is 1.98. The summed E-state index contributed by atoms with van der Waals surface area (Å²) in [6.07, 6.45) is 6.52. The maximum atomic E-state index is 8.20. The lowest BCUT2D eigenvalue weighted by Crippen LogP contribution is -1.74. The van der Waals surface area contributed by atoms with Gasteiger partial charge in [0, 0.05) is 6.21 Å². The second-order valence-corrected chi connectivity index (χ2v) is 1.92. The van der Waals surface area contributed by atoms with E-state index in [1.807, 2.05) is 19.1 Å². The number of nitriles is 1. The molecule has 0 bridgehead atoms. The molecule has 0 aliphatic carbocycles. The first-order chi connectivity index (χ1) is 5.35. The van der Waals surface area contributed by atoms with Crippen molar-refractivity contribution in [3.63, 3.8) is 0 Å². The van der Waals surface area contributed by atoms with E-state index >= 15 is 0 Å². The van der Waals surface area contributed by atoms with Gasteiger partial charge in [0.2, 0.25) is 0 Å². The standard InChI is InChI=1S/C9H12N2/c1-3-6-9(4-2)11-8-5-7-10/h4,6,8H,2-3,5H2,1H3/b9-6-,11-8?. The van der Waals surface area contributed by atoms with Crippen LogP contribution in [0.1, 0.15) is 19.8 Å². The molecule has 2 heteroatoms. The Kier molecular flexibility index (Phi) is 5.92. The minimum Gasteiger partial charge on any atom is -0.261 e. The van der Waals surface area contributed by atoms with Crippen LogP contribution in [0.15, 0.2) is 29.4 Å². The summed E-state index contributed by atoms with van der Waals surface area (Å²) in [4.78, 5) is 4.02. The Balaban J connectivity index is 3.99. The first-order valence-corrected chi connectivity index (χ1v) is 3.57. The summed E-state index contributed by atoms with van der Waals surface area (Å²) in [5.74, 6) is 0. The predicted octanol–water partition coefficient (Wildman–Crippen LogP) is 2.45. The van der Waals surface area contributed by atoms with Crippen molar-refractivity contribution in [1.82, 2.24) is 0 Å². The van der Waals surface area contributed by atoms with E-state index in [9.17, 15) is 0 Å². The molecule has 0 rings (SSSR count). The van der Waals surface area contributed by atoms with Gasteiger partial charge in [0.1, 0.15) is 0 Å². The van der Waals surface area contributed by atoms with Gasteiger partial charge in [-0.1, -0.05) is 19.6 Å². The maximum Gasteiger partial charge on any atom is 0.0705 e. The molecule has 0 aromatic rings. The number of nitrogens with zero attached hydrogens (tertiary/aromatic N) is 2. The smallest absolute Gasteiger partial charge is 0.0705 e. The van der Waals surface area contributed by atoms with Gasteiger partial charge in [0.05, 0.1) is 18.2 Å². The number of aliphatic imine (C=N–C) groups is 1. The monoisotopic (exact) mass is 148 g/mol. The van der Waals surface area contributed by atoms with Crippen LogP contribution in [-0.2, 0) is 0 Å². The first-order valence-electron chi connectivity index (χ1n) is 3.57. The molecule has 0 radical (unpaired) electrons. The van der Waals surface area contributed by atoms with Gasteiger partial charge in [-0.2, -0.15) is 5.26 Å². The van der Waals surface area contributed by atoms with Crippen LogP contribution in [0.5, 0.6) is 0 Å². The van der Waals surface area contributed by atoms with Crippen molar-refractivity contribution in [2.45, 2.75) is 19.8 Å². The van der Waals surface area contributed by atoms with Gasteiger partial charge in [-0.15, -0.1) is 0 Å². The third kappa shape index (κ3) is 5.10. The summed E-state index contributed by atoms with van der Waals surface area (Å²) in [5, 5.41) is 8.20. The average Bonchev–Trinajstić information content (AvgIpc) is 2.03. The number of hydrogen-bond donors (Lipinski definition) is 0. The molecule has 58 valence electrons. The fraction of sp³-hybridized carbons (Fsp3) is 0.333. The first kappa shape index (κ1) is 9.64. The molecule has 0 amide bonds. The van der Waals surface area contributed by atoms with Crippen LogP contribution in [-0.4, -0.2) is 6.21 Å². The lowest BCUT2D eigenvalue weighted by molar-refractivity contribution is 1.18. The highest BCUT2D eigenvalue weighted by Gasteiger charge is 1.81. The molecule has 0 N–H and O–H groups in total. The van der Waals surface area contributed by atoms with Crippen LogP contribution in [0, 0.1) is 11.3 Å². The number of allylic oxidation sites excluding steroid dienone is 2. The number of hydrogen-bond acceptors (Lipinski definition) is 2. The molecule has 2 nitrogen and oxygen atoms in total. The van der Waals surface area contributed by atoms with Gasteiger partial charge in [0.25, 0.3) is 0 Å². The minimum absolute atomic E-state index is 0.356. The van der Waals surface area contributed by atoms with E-state index in [1.165, 1.54) is 0 Å². The van der Waals surface area contributed by atoms with Crippen LogP contribution < -0.4 is 0 Å². The van der Waals surface area contributed by atoms with Gasteiger partial charge >= 0.3 is 0 Å². The summed E-state index contributed by atoms with van der Waals surface area (Å²) < 4.78 is 0. The Hall–Kier alpha value is -1.36. The SMILES string of the molecule is C=C/C(=C/CC)N=CCC#N. The second-order valence-electron chi connectivity index (χ2n) is 1.92. The van der Waals surface area contributed by atoms with Gasteiger partial charge in [-0.05, 0) is 12.5 Å². The van der Waals surface area contributed by atoms with Crippen molar-refractivity contribution in [2.75, 3.05) is 0 Å². The van der Waals surface area contributed by atoms with E-state index in [0.717, 1.165) is 12.1 Å². The zero-order chi connectivity index (χ0) is 8.53. The fourth-order valence-electron chi connectivity index (χ4n) is 0.590. The Morgan fingerprint density at radius 3 is 2.91 bits per heavy atom. The Labute approximate surface area is 67.6 Å². The van der Waals surface area contributed by atoms with Crippen LogP contribution in [0.3, 0.4) is 0 Å². The van der Waals surface area contributed by atoms with E-state index in [2.05, 4.69) is 11.6 Å². The summed E-state index contributed by atoms with van der Waals surface area (Å²) in [6, 6.07) is 1.98. The normalized spacial score (nSPS) is 11.5. The molecule has 0 spiro atoms. The molecule has 11 heavy (non-hydrogen) atoms. The maximum absolute atomic E-state index is 8.20. The Bertz CT molecular complexity index is 206. The van der Waals surface area contributed by atoms with E-state index in [1.54, 1.807) is 12.3 Å². The van der Waals surface area contributed by atoms with E-state index < -0.39 is 0 Å². The van der Waals surface area contributed by atoms with Crippen molar-refractivity contribution in [1.29, 1.82) is 5.26 Å². The van der Waals surface area contributed by atoms with Crippen molar-refractivity contribution in [2.24, 2.45) is 4.99 Å². The molecule has 0 aliphatic heterocycles. The largest absolute Gasteiger partial charge is 0.261 e. The lowest BCUT2D eigenvalue weighted by atomic mass is 10.3. The van der Waals surface area contributed by atoms with Gasteiger partial charge < -0.3 is 0 Å². The molecule has 0 unspecified atom stereocenters. The van der Waals surface area contributed by atoms with Crippen LogP contribution >= 0.6 is 0 Å². The predicted molar refractivity (Wildman–Crippen MR) is 47.3 cm³/mol.